The normalized spacial score (nSPS) is 12.4. The molecule has 0 aromatic carbocycles. The zero-order valence-corrected chi connectivity index (χ0v) is 13.9. The van der Waals surface area contributed by atoms with Gasteiger partial charge in [-0.2, -0.15) is 0 Å². The van der Waals surface area contributed by atoms with Crippen molar-refractivity contribution >= 4 is 31.2 Å². The van der Waals surface area contributed by atoms with E-state index in [1.54, 1.807) is 20.8 Å². The Kier molecular flexibility index (Phi) is 8.35. The highest BCUT2D eigenvalue weighted by Gasteiger charge is 2.53. The molecule has 23 heavy (non-hydrogen) atoms. The number of carboxylic acid groups (broad SMARTS) is 2. The Bertz CT molecular complexity index is 452. The number of carbonyl (C=O) groups is 4. The molecule has 0 aliphatic rings. The lowest BCUT2D eigenvalue weighted by Gasteiger charge is -2.24. The van der Waals surface area contributed by atoms with Gasteiger partial charge in [0.05, 0.1) is 0 Å². The molecule has 0 bridgehead atoms. The van der Waals surface area contributed by atoms with E-state index in [4.69, 9.17) is 0 Å². The maximum absolute atomic E-state index is 12.2. The van der Waals surface area contributed by atoms with Crippen LogP contribution in [0.4, 0.5) is 0 Å². The fourth-order valence-corrected chi connectivity index (χ4v) is 1.77. The van der Waals surface area contributed by atoms with E-state index in [1.165, 1.54) is 7.41 Å². The van der Waals surface area contributed by atoms with Gasteiger partial charge in [0.25, 0.3) is 0 Å². The topological polar surface area (TPSA) is 133 Å². The number of rotatable bonds is 10. The molecule has 129 valence electrons. The van der Waals surface area contributed by atoms with E-state index in [1.807, 2.05) is 6.92 Å². The third kappa shape index (κ3) is 5.92. The number of hydrogen-bond acceptors (Lipinski definition) is 4. The van der Waals surface area contributed by atoms with E-state index in [0.717, 1.165) is 0 Å². The number of hydrogen-bond donors (Lipinski definition) is 4. The molecule has 0 saturated heterocycles. The van der Waals surface area contributed by atoms with Crippen molar-refractivity contribution in [3.63, 3.8) is 0 Å². The summed E-state index contributed by atoms with van der Waals surface area (Å²) in [5, 5.41) is 23.4. The average molecular weight is 327 g/mol. The molecule has 8 nitrogen and oxygen atoms in total. The summed E-state index contributed by atoms with van der Waals surface area (Å²) in [5.41, 5.74) is -2.70. The van der Waals surface area contributed by atoms with Crippen LogP contribution in [-0.2, 0) is 19.2 Å². The summed E-state index contributed by atoms with van der Waals surface area (Å²) in [6.07, 6.45) is -0.311. The number of carbonyl (C=O) groups excluding carboxylic acids is 2. The van der Waals surface area contributed by atoms with E-state index in [2.05, 4.69) is 10.5 Å². The van der Waals surface area contributed by atoms with Gasteiger partial charge in [-0.1, -0.05) is 20.3 Å². The smallest absolute Gasteiger partial charge is 0.330 e. The van der Waals surface area contributed by atoms with Crippen LogP contribution < -0.4 is 10.5 Å². The molecule has 1 atom stereocenters. The Labute approximate surface area is 136 Å². The second kappa shape index (κ2) is 9.17. The fraction of sp³-hybridized carbons (Fsp3) is 0.714. The van der Waals surface area contributed by atoms with Gasteiger partial charge in [-0.3, -0.25) is 19.2 Å². The highest BCUT2D eigenvalue weighted by molar-refractivity contribution is 6.41. The lowest BCUT2D eigenvalue weighted by atomic mass is 9.73. The molecule has 0 spiro atoms. The summed E-state index contributed by atoms with van der Waals surface area (Å²) >= 11 is 0. The molecular weight excluding hydrogens is 303 g/mol. The van der Waals surface area contributed by atoms with E-state index in [0.29, 0.717) is 6.42 Å². The maximum Gasteiger partial charge on any atom is 0.330 e. The van der Waals surface area contributed by atoms with Crippen LogP contribution in [0.1, 0.15) is 47.0 Å². The van der Waals surface area contributed by atoms with Gasteiger partial charge in [0, 0.05) is 12.5 Å². The van der Waals surface area contributed by atoms with Crippen LogP contribution in [0.15, 0.2) is 0 Å². The highest BCUT2D eigenvalue weighted by Crippen LogP contribution is 2.26. The molecular formula is C14H24BN2O6. The van der Waals surface area contributed by atoms with Gasteiger partial charge in [-0.15, -0.1) is 0 Å². The van der Waals surface area contributed by atoms with Crippen LogP contribution >= 0.6 is 0 Å². The lowest BCUT2D eigenvalue weighted by Crippen LogP contribution is -2.53. The van der Waals surface area contributed by atoms with Crippen LogP contribution in [0.5, 0.6) is 0 Å². The molecule has 0 saturated carbocycles. The predicted octanol–water partition coefficient (Wildman–Crippen LogP) is 0.401. The molecule has 0 fully saturated rings. The number of nitrogens with one attached hydrogen (secondary N) is 2. The van der Waals surface area contributed by atoms with Crippen molar-refractivity contribution in [3.05, 3.63) is 0 Å². The minimum absolute atomic E-state index is 0.0384. The minimum atomic E-state index is -2.70. The van der Waals surface area contributed by atoms with Gasteiger partial charge in [0.2, 0.25) is 24.6 Å². The molecule has 1 radical (unpaired) electrons. The van der Waals surface area contributed by atoms with Crippen LogP contribution in [-0.4, -0.2) is 47.4 Å². The monoisotopic (exact) mass is 327 g/mol. The van der Waals surface area contributed by atoms with Crippen LogP contribution in [0.3, 0.4) is 0 Å². The first kappa shape index (κ1) is 20.9. The molecule has 4 N–H and O–H groups in total. The second-order valence-corrected chi connectivity index (χ2v) is 5.76. The lowest BCUT2D eigenvalue weighted by molar-refractivity contribution is -0.169. The Morgan fingerprint density at radius 2 is 1.61 bits per heavy atom. The van der Waals surface area contributed by atoms with Crippen molar-refractivity contribution in [1.29, 1.82) is 0 Å². The van der Waals surface area contributed by atoms with Crippen molar-refractivity contribution in [2.75, 3.05) is 0 Å². The first-order chi connectivity index (χ1) is 10.6. The summed E-state index contributed by atoms with van der Waals surface area (Å²) in [6.45, 7) is 7.09. The Hall–Kier alpha value is -2.06. The van der Waals surface area contributed by atoms with Crippen LogP contribution in [0.2, 0.25) is 5.82 Å². The summed E-state index contributed by atoms with van der Waals surface area (Å²) in [4.78, 5) is 46.7. The van der Waals surface area contributed by atoms with E-state index in [-0.39, 0.29) is 18.3 Å². The summed E-state index contributed by atoms with van der Waals surface area (Å²) in [6, 6.07) is -0.167. The fourth-order valence-electron chi connectivity index (χ4n) is 1.77. The van der Waals surface area contributed by atoms with Crippen LogP contribution in [0, 0.1) is 5.41 Å². The molecule has 0 aliphatic heterocycles. The molecule has 0 rings (SSSR count). The quantitative estimate of drug-likeness (QED) is 0.339. The molecule has 2 amide bonds. The zero-order valence-electron chi connectivity index (χ0n) is 13.9. The largest absolute Gasteiger partial charge is 0.480 e. The Morgan fingerprint density at radius 1 is 1.09 bits per heavy atom. The Balaban J connectivity index is 5.17. The number of amides is 2. The van der Waals surface area contributed by atoms with Crippen molar-refractivity contribution in [3.8, 4) is 0 Å². The molecule has 0 heterocycles. The average Bonchev–Trinajstić information content (AvgIpc) is 2.43. The van der Waals surface area contributed by atoms with E-state index >= 15 is 0 Å². The standard InChI is InChI=1S/C14H24BN2O6/c1-5-9(4)15-17-11(19)14(12(20)21,13(22)23)7-6-10(18)16-8(2)3/h8-9H,5-7H2,1-4H3,(H,16,18)(H,17,19)(H,20,21)(H,22,23). The van der Waals surface area contributed by atoms with E-state index in [9.17, 15) is 29.4 Å². The second-order valence-electron chi connectivity index (χ2n) is 5.76. The predicted molar refractivity (Wildman–Crippen MR) is 83.8 cm³/mol. The first-order valence-electron chi connectivity index (χ1n) is 7.48. The van der Waals surface area contributed by atoms with Gasteiger partial charge in [0.15, 0.2) is 0 Å². The van der Waals surface area contributed by atoms with Crippen LogP contribution in [0.25, 0.3) is 0 Å². The number of aliphatic carboxylic acids is 2. The van der Waals surface area contributed by atoms with E-state index < -0.39 is 35.6 Å². The molecule has 0 aromatic rings. The summed E-state index contributed by atoms with van der Waals surface area (Å²) < 4.78 is 0. The molecule has 1 unspecified atom stereocenters. The van der Waals surface area contributed by atoms with Crippen molar-refractivity contribution in [2.24, 2.45) is 5.41 Å². The summed E-state index contributed by atoms with van der Waals surface area (Å²) in [7, 11) is 1.36. The van der Waals surface area contributed by atoms with Gasteiger partial charge < -0.3 is 20.8 Å². The third-order valence-electron chi connectivity index (χ3n) is 3.44. The first-order valence-corrected chi connectivity index (χ1v) is 7.48. The van der Waals surface area contributed by atoms with Gasteiger partial charge >= 0.3 is 11.9 Å². The zero-order chi connectivity index (χ0) is 18.2. The highest BCUT2D eigenvalue weighted by atomic mass is 16.4. The van der Waals surface area contributed by atoms with Crippen molar-refractivity contribution < 1.29 is 29.4 Å². The van der Waals surface area contributed by atoms with Gasteiger partial charge in [-0.05, 0) is 26.1 Å². The molecule has 0 aliphatic carbocycles. The number of carboxylic acids is 2. The van der Waals surface area contributed by atoms with Gasteiger partial charge in [0.1, 0.15) is 0 Å². The maximum atomic E-state index is 12.2. The van der Waals surface area contributed by atoms with Crippen molar-refractivity contribution in [1.82, 2.24) is 10.5 Å². The third-order valence-corrected chi connectivity index (χ3v) is 3.44. The Morgan fingerprint density at radius 3 is 2.00 bits per heavy atom. The van der Waals surface area contributed by atoms with Gasteiger partial charge in [-0.25, -0.2) is 0 Å². The van der Waals surface area contributed by atoms with Crippen molar-refractivity contribution in [2.45, 2.75) is 58.8 Å². The molecule has 9 heteroatoms. The summed E-state index contributed by atoms with van der Waals surface area (Å²) in [5.74, 6) is -5.29. The SMILES string of the molecule is CCC(C)[B]NC(=O)C(CCC(=O)NC(C)C)(C(=O)O)C(=O)O. The minimum Gasteiger partial charge on any atom is -0.480 e. The molecule has 0 aromatic heterocycles.